The number of ether oxygens (including phenoxy) is 1. The molecular weight excluding hydrogens is 378 g/mol. The third-order valence-corrected chi connectivity index (χ3v) is 7.82. The van der Waals surface area contributed by atoms with Crippen LogP contribution in [0.15, 0.2) is 12.2 Å². The Labute approximate surface area is 181 Å². The van der Waals surface area contributed by atoms with Crippen LogP contribution in [0, 0.1) is 29.1 Å². The number of hydrogen-bond acceptors (Lipinski definition) is 4. The summed E-state index contributed by atoms with van der Waals surface area (Å²) in [5, 5.41) is 0. The fourth-order valence-corrected chi connectivity index (χ4v) is 5.72. The second-order valence-corrected chi connectivity index (χ2v) is 10.2. The van der Waals surface area contributed by atoms with Gasteiger partial charge in [-0.2, -0.15) is 0 Å². The smallest absolute Gasteiger partial charge is 0.309 e. The van der Waals surface area contributed by atoms with Crippen LogP contribution < -0.4 is 0 Å². The summed E-state index contributed by atoms with van der Waals surface area (Å²) in [4.78, 5) is 40.9. The van der Waals surface area contributed by atoms with Gasteiger partial charge in [-0.1, -0.05) is 45.8 Å². The zero-order chi connectivity index (χ0) is 21.9. The van der Waals surface area contributed by atoms with Crippen LogP contribution in [-0.2, 0) is 19.1 Å². The lowest BCUT2D eigenvalue weighted by Gasteiger charge is -2.32. The van der Waals surface area contributed by atoms with Crippen molar-refractivity contribution >= 4 is 17.7 Å². The van der Waals surface area contributed by atoms with Crippen LogP contribution >= 0.6 is 0 Å². The summed E-state index contributed by atoms with van der Waals surface area (Å²) in [7, 11) is 1.39. The van der Waals surface area contributed by atoms with Crippen molar-refractivity contribution in [1.29, 1.82) is 0 Å². The fraction of sp³-hybridized carbons (Fsp3) is 0.800. The van der Waals surface area contributed by atoms with Crippen LogP contribution in [0.25, 0.3) is 0 Å². The summed E-state index contributed by atoms with van der Waals surface area (Å²) >= 11 is 0. The molecule has 1 saturated carbocycles. The van der Waals surface area contributed by atoms with Crippen molar-refractivity contribution in [2.45, 2.75) is 84.6 Å². The Morgan fingerprint density at radius 3 is 2.33 bits per heavy atom. The van der Waals surface area contributed by atoms with Crippen molar-refractivity contribution in [3.8, 4) is 0 Å². The lowest BCUT2D eigenvalue weighted by Crippen LogP contribution is -2.48. The molecule has 0 aromatic carbocycles. The summed E-state index contributed by atoms with van der Waals surface area (Å²) < 4.78 is 5.00. The van der Waals surface area contributed by atoms with E-state index < -0.39 is 5.92 Å². The van der Waals surface area contributed by atoms with E-state index in [2.05, 4.69) is 26.0 Å². The van der Waals surface area contributed by atoms with Crippen LogP contribution in [0.4, 0.5) is 0 Å². The van der Waals surface area contributed by atoms with Gasteiger partial charge in [0, 0.05) is 18.9 Å². The average Bonchev–Trinajstić information content (AvgIpc) is 3.06. The molecule has 2 fully saturated rings. The van der Waals surface area contributed by atoms with Gasteiger partial charge in [0.25, 0.3) is 0 Å². The Kier molecular flexibility index (Phi) is 7.41. The molecule has 2 aliphatic heterocycles. The maximum absolute atomic E-state index is 13.4. The summed E-state index contributed by atoms with van der Waals surface area (Å²) in [5.74, 6) is 0.0294. The number of piperidine rings is 1. The lowest BCUT2D eigenvalue weighted by atomic mass is 9.89. The largest absolute Gasteiger partial charge is 0.469 e. The van der Waals surface area contributed by atoms with Gasteiger partial charge < -0.3 is 9.64 Å². The minimum Gasteiger partial charge on any atom is -0.469 e. The van der Waals surface area contributed by atoms with Gasteiger partial charge in [-0.25, -0.2) is 0 Å². The normalized spacial score (nSPS) is 36.4. The molecule has 1 aliphatic carbocycles. The Morgan fingerprint density at radius 2 is 1.70 bits per heavy atom. The summed E-state index contributed by atoms with van der Waals surface area (Å²) in [6, 6.07) is -0.371. The third kappa shape index (κ3) is 4.81. The van der Waals surface area contributed by atoms with E-state index in [-0.39, 0.29) is 47.4 Å². The first-order valence-corrected chi connectivity index (χ1v) is 11.8. The highest BCUT2D eigenvalue weighted by Gasteiger charge is 2.69. The molecule has 1 saturated heterocycles. The van der Waals surface area contributed by atoms with Crippen molar-refractivity contribution in [1.82, 2.24) is 4.90 Å². The SMILES string of the molecule is COC(=O)[C@@H]1CCCC/C=C\CCCC[C@H](C)C(=O)N2CC3C([C@H]2C(=O)C1)C3(C)C. The maximum atomic E-state index is 13.4. The van der Waals surface area contributed by atoms with E-state index in [1.54, 1.807) is 0 Å². The number of carbonyl (C=O) groups is 3. The van der Waals surface area contributed by atoms with Crippen LogP contribution in [0.2, 0.25) is 0 Å². The second-order valence-electron chi connectivity index (χ2n) is 10.2. The highest BCUT2D eigenvalue weighted by Crippen LogP contribution is 2.65. The standard InChI is InChI=1S/C25H39NO4/c1-17-13-11-9-7-5-6-8-10-12-14-18(24(29)30-4)15-20(27)22-21-19(25(21,2)3)16-26(22)23(17)28/h5-6,17-19,21-22H,7-16H2,1-4H3/b6-5-/t17-,18+,19?,21?,22+/m0/s1. The van der Waals surface area contributed by atoms with Crippen molar-refractivity contribution < 1.29 is 19.1 Å². The predicted octanol–water partition coefficient (Wildman–Crippen LogP) is 4.54. The quantitative estimate of drug-likeness (QED) is 0.464. The first kappa shape index (κ1) is 23.0. The average molecular weight is 418 g/mol. The van der Waals surface area contributed by atoms with E-state index >= 15 is 0 Å². The zero-order valence-corrected chi connectivity index (χ0v) is 19.2. The van der Waals surface area contributed by atoms with Crippen LogP contribution in [-0.4, -0.2) is 42.3 Å². The molecule has 3 rings (SSSR count). The number of carbonyl (C=O) groups excluding carboxylic acids is 3. The monoisotopic (exact) mass is 417 g/mol. The van der Waals surface area contributed by atoms with E-state index in [1.165, 1.54) is 7.11 Å². The summed E-state index contributed by atoms with van der Waals surface area (Å²) in [6.45, 7) is 7.09. The summed E-state index contributed by atoms with van der Waals surface area (Å²) in [5.41, 5.74) is 0.103. The Morgan fingerprint density at radius 1 is 1.07 bits per heavy atom. The van der Waals surface area contributed by atoms with Gasteiger partial charge in [0.2, 0.25) is 5.91 Å². The minimum atomic E-state index is -0.405. The number of methoxy groups -OCH3 is 1. The van der Waals surface area contributed by atoms with Gasteiger partial charge >= 0.3 is 5.97 Å². The number of fused-ring (bicyclic) bond motifs is 3. The molecule has 0 spiro atoms. The molecule has 0 aromatic rings. The molecular formula is C25H39NO4. The molecule has 0 radical (unpaired) electrons. The molecule has 2 heterocycles. The topological polar surface area (TPSA) is 63.7 Å². The number of hydrogen-bond donors (Lipinski definition) is 0. The lowest BCUT2D eigenvalue weighted by molar-refractivity contribution is -0.149. The maximum Gasteiger partial charge on any atom is 0.309 e. The molecule has 2 unspecified atom stereocenters. The molecule has 3 aliphatic rings. The van der Waals surface area contributed by atoms with E-state index in [4.69, 9.17) is 4.74 Å². The molecule has 1 amide bonds. The Balaban J connectivity index is 1.79. The fourth-order valence-electron chi connectivity index (χ4n) is 5.72. The number of esters is 1. The van der Waals surface area contributed by atoms with E-state index in [0.29, 0.717) is 18.9 Å². The third-order valence-electron chi connectivity index (χ3n) is 7.82. The Bertz CT molecular complexity index is 683. The molecule has 168 valence electrons. The van der Waals surface area contributed by atoms with Gasteiger partial charge in [0.15, 0.2) is 5.78 Å². The van der Waals surface area contributed by atoms with Gasteiger partial charge in [-0.05, 0) is 55.8 Å². The molecule has 0 N–H and O–H groups in total. The number of amides is 1. The van der Waals surface area contributed by atoms with Crippen LogP contribution in [0.3, 0.4) is 0 Å². The van der Waals surface area contributed by atoms with Crippen LogP contribution in [0.5, 0.6) is 0 Å². The van der Waals surface area contributed by atoms with E-state index in [1.807, 2.05) is 11.8 Å². The molecule has 0 bridgehead atoms. The number of rotatable bonds is 1. The van der Waals surface area contributed by atoms with Gasteiger partial charge in [-0.3, -0.25) is 14.4 Å². The summed E-state index contributed by atoms with van der Waals surface area (Å²) in [6.07, 6.45) is 12.3. The molecule has 5 atom stereocenters. The number of nitrogens with zero attached hydrogens (tertiary/aromatic N) is 1. The van der Waals surface area contributed by atoms with E-state index in [0.717, 1.165) is 44.9 Å². The van der Waals surface area contributed by atoms with Crippen LogP contribution in [0.1, 0.15) is 78.6 Å². The van der Waals surface area contributed by atoms with Crippen molar-refractivity contribution in [2.24, 2.45) is 29.1 Å². The first-order chi connectivity index (χ1) is 14.3. The second kappa shape index (κ2) is 9.65. The molecule has 30 heavy (non-hydrogen) atoms. The van der Waals surface area contributed by atoms with Crippen molar-refractivity contribution in [3.05, 3.63) is 12.2 Å². The van der Waals surface area contributed by atoms with Crippen molar-refractivity contribution in [3.63, 3.8) is 0 Å². The number of allylic oxidation sites excluding steroid dienone is 2. The number of Topliss-reactive ketones (excluding diaryl/α,β-unsaturated/α-hetero) is 1. The first-order valence-electron chi connectivity index (χ1n) is 11.8. The predicted molar refractivity (Wildman–Crippen MR) is 117 cm³/mol. The van der Waals surface area contributed by atoms with Gasteiger partial charge in [-0.15, -0.1) is 0 Å². The molecule has 5 heteroatoms. The Hall–Kier alpha value is -1.65. The molecule has 5 nitrogen and oxygen atoms in total. The highest BCUT2D eigenvalue weighted by atomic mass is 16.5. The minimum absolute atomic E-state index is 0.0493. The zero-order valence-electron chi connectivity index (χ0n) is 19.2. The van der Waals surface area contributed by atoms with Crippen molar-refractivity contribution in [2.75, 3.05) is 13.7 Å². The van der Waals surface area contributed by atoms with Gasteiger partial charge in [0.05, 0.1) is 19.1 Å². The van der Waals surface area contributed by atoms with E-state index in [9.17, 15) is 14.4 Å². The molecule has 0 aromatic heterocycles. The van der Waals surface area contributed by atoms with Gasteiger partial charge in [0.1, 0.15) is 0 Å². The highest BCUT2D eigenvalue weighted by molar-refractivity contribution is 5.93. The number of ketones is 1.